The minimum Gasteiger partial charge on any atom is -0.294 e. The molecule has 0 saturated heterocycles. The molecule has 16 heavy (non-hydrogen) atoms. The summed E-state index contributed by atoms with van der Waals surface area (Å²) in [5.41, 5.74) is 1.11. The van der Waals surface area contributed by atoms with Gasteiger partial charge in [0.1, 0.15) is 0 Å². The van der Waals surface area contributed by atoms with Crippen molar-refractivity contribution in [3.63, 3.8) is 0 Å². The van der Waals surface area contributed by atoms with Crippen LogP contribution in [0.15, 0.2) is 11.6 Å². The molecule has 0 spiro atoms. The number of rotatable bonds is 0. The van der Waals surface area contributed by atoms with E-state index in [9.17, 15) is 4.79 Å². The average Bonchev–Trinajstić information content (AvgIpc) is 1.96. The topological polar surface area (TPSA) is 17.1 Å². The van der Waals surface area contributed by atoms with Crippen LogP contribution in [-0.4, -0.2) is 5.78 Å². The molecule has 1 unspecified atom stereocenters. The molecule has 1 aliphatic rings. The molecule has 0 radical (unpaired) electrons. The average molecular weight is 222 g/mol. The fourth-order valence-electron chi connectivity index (χ4n) is 3.11. The van der Waals surface area contributed by atoms with Crippen molar-refractivity contribution >= 4 is 5.78 Å². The van der Waals surface area contributed by atoms with Crippen molar-refractivity contribution < 1.29 is 4.79 Å². The lowest BCUT2D eigenvalue weighted by Crippen LogP contribution is -2.54. The highest BCUT2D eigenvalue weighted by atomic mass is 16.1. The van der Waals surface area contributed by atoms with Crippen LogP contribution in [0.25, 0.3) is 0 Å². The molecule has 1 aliphatic carbocycles. The molecule has 0 bridgehead atoms. The Labute approximate surface area is 100 Å². The molecule has 1 rings (SSSR count). The monoisotopic (exact) mass is 222 g/mol. The lowest BCUT2D eigenvalue weighted by molar-refractivity contribution is -0.138. The van der Waals surface area contributed by atoms with Gasteiger partial charge < -0.3 is 0 Å². The normalized spacial score (nSPS) is 28.1. The summed E-state index contributed by atoms with van der Waals surface area (Å²) in [4.78, 5) is 12.1. The third-order valence-electron chi connectivity index (χ3n) is 3.33. The number of Topliss-reactive ketones (excluding diaryl/α,β-unsaturated/α-hetero) is 1. The van der Waals surface area contributed by atoms with Gasteiger partial charge in [0.25, 0.3) is 0 Å². The van der Waals surface area contributed by atoms with Crippen LogP contribution in [-0.2, 0) is 4.79 Å². The van der Waals surface area contributed by atoms with Gasteiger partial charge in [0.2, 0.25) is 0 Å². The lowest BCUT2D eigenvalue weighted by atomic mass is 9.49. The van der Waals surface area contributed by atoms with Crippen LogP contribution in [0.5, 0.6) is 0 Å². The first-order valence-electron chi connectivity index (χ1n) is 6.15. The quantitative estimate of drug-likeness (QED) is 0.561. The molecule has 0 aromatic rings. The van der Waals surface area contributed by atoms with Crippen molar-refractivity contribution in [3.05, 3.63) is 11.6 Å². The second-order valence-electron chi connectivity index (χ2n) is 7.82. The number of hydrogen-bond acceptors (Lipinski definition) is 1. The van der Waals surface area contributed by atoms with Crippen LogP contribution < -0.4 is 0 Å². The molecule has 0 amide bonds. The number of carbonyl (C=O) groups is 1. The van der Waals surface area contributed by atoms with Crippen molar-refractivity contribution in [2.45, 2.75) is 55.4 Å². The maximum absolute atomic E-state index is 12.1. The molecular weight excluding hydrogens is 196 g/mol. The third-order valence-corrected chi connectivity index (χ3v) is 3.33. The Hall–Kier alpha value is -0.590. The van der Waals surface area contributed by atoms with E-state index in [4.69, 9.17) is 0 Å². The molecule has 1 heteroatoms. The molecule has 1 saturated carbocycles. The Bertz CT molecular complexity index is 331. The maximum Gasteiger partial charge on any atom is 0.165 e. The van der Waals surface area contributed by atoms with E-state index in [0.29, 0.717) is 11.7 Å². The van der Waals surface area contributed by atoms with E-state index in [-0.39, 0.29) is 16.2 Å². The van der Waals surface area contributed by atoms with Crippen molar-refractivity contribution in [1.29, 1.82) is 0 Å². The van der Waals surface area contributed by atoms with Gasteiger partial charge in [-0.05, 0) is 16.4 Å². The van der Waals surface area contributed by atoms with Crippen LogP contribution >= 0.6 is 0 Å². The smallest absolute Gasteiger partial charge is 0.165 e. The molecule has 0 heterocycles. The fraction of sp³-hybridized carbons (Fsp3) is 0.800. The van der Waals surface area contributed by atoms with Crippen LogP contribution in [0.3, 0.4) is 0 Å². The minimum absolute atomic E-state index is 0.0883. The molecule has 92 valence electrons. The number of allylic oxidation sites excluding steroid dienone is 2. The Morgan fingerprint density at radius 2 is 1.50 bits per heavy atom. The molecule has 1 nitrogen and oxygen atoms in total. The zero-order valence-corrected chi connectivity index (χ0v) is 12.1. The van der Waals surface area contributed by atoms with Gasteiger partial charge in [-0.25, -0.2) is 0 Å². The van der Waals surface area contributed by atoms with Crippen molar-refractivity contribution in [3.8, 4) is 0 Å². The van der Waals surface area contributed by atoms with E-state index in [1.165, 1.54) is 0 Å². The van der Waals surface area contributed by atoms with Crippen LogP contribution in [0, 0.1) is 22.2 Å². The summed E-state index contributed by atoms with van der Waals surface area (Å²) in [7, 11) is 0. The molecule has 0 aromatic heterocycles. The zero-order valence-electron chi connectivity index (χ0n) is 12.1. The van der Waals surface area contributed by atoms with Crippen molar-refractivity contribution in [2.75, 3.05) is 0 Å². The van der Waals surface area contributed by atoms with E-state index in [1.54, 1.807) is 0 Å². The molecule has 0 aliphatic heterocycles. The standard InChI is InChI=1S/C15H26O/c1-13(2,3)9-10-11(14(4,5)6)15(7,8)12(10)16/h9,11H,1-8H3/b10-9+. The highest BCUT2D eigenvalue weighted by molar-refractivity contribution is 6.07. The third kappa shape index (κ3) is 2.23. The van der Waals surface area contributed by atoms with Crippen LogP contribution in [0.2, 0.25) is 0 Å². The highest BCUT2D eigenvalue weighted by Gasteiger charge is 2.56. The van der Waals surface area contributed by atoms with E-state index in [0.717, 1.165) is 5.57 Å². The van der Waals surface area contributed by atoms with E-state index in [1.807, 2.05) is 0 Å². The van der Waals surface area contributed by atoms with Crippen molar-refractivity contribution in [2.24, 2.45) is 22.2 Å². The molecular formula is C15H26O. The Morgan fingerprint density at radius 3 is 1.81 bits per heavy atom. The molecule has 1 fully saturated rings. The predicted octanol–water partition coefficient (Wildman–Crippen LogP) is 4.23. The molecule has 1 atom stereocenters. The first kappa shape index (κ1) is 13.5. The highest BCUT2D eigenvalue weighted by Crippen LogP contribution is 2.56. The summed E-state index contributed by atoms with van der Waals surface area (Å²) in [6.45, 7) is 17.3. The van der Waals surface area contributed by atoms with Gasteiger partial charge in [-0.1, -0.05) is 61.5 Å². The number of ketones is 1. The van der Waals surface area contributed by atoms with E-state index >= 15 is 0 Å². The first-order chi connectivity index (χ1) is 6.87. The SMILES string of the molecule is CC(C)(C)/C=C1/C(=O)C(C)(C)C1C(C)(C)C. The van der Waals surface area contributed by atoms with Gasteiger partial charge in [0, 0.05) is 11.3 Å². The number of hydrogen-bond donors (Lipinski definition) is 0. The summed E-state index contributed by atoms with van der Waals surface area (Å²) in [6.07, 6.45) is 2.16. The van der Waals surface area contributed by atoms with Crippen LogP contribution in [0.4, 0.5) is 0 Å². The Kier molecular flexibility index (Phi) is 2.90. The van der Waals surface area contributed by atoms with Crippen LogP contribution in [0.1, 0.15) is 55.4 Å². The van der Waals surface area contributed by atoms with Gasteiger partial charge in [0.05, 0.1) is 0 Å². The summed E-state index contributed by atoms with van der Waals surface area (Å²) in [6, 6.07) is 0. The van der Waals surface area contributed by atoms with Gasteiger partial charge in [-0.2, -0.15) is 0 Å². The van der Waals surface area contributed by atoms with E-state index < -0.39 is 0 Å². The minimum atomic E-state index is -0.185. The Balaban J connectivity index is 3.14. The summed E-state index contributed by atoms with van der Waals surface area (Å²) in [5.74, 6) is 0.717. The van der Waals surface area contributed by atoms with Gasteiger partial charge in [0.15, 0.2) is 5.78 Å². The summed E-state index contributed by atoms with van der Waals surface area (Å²) < 4.78 is 0. The Morgan fingerprint density at radius 1 is 1.06 bits per heavy atom. The zero-order chi connectivity index (χ0) is 12.9. The van der Waals surface area contributed by atoms with Gasteiger partial charge >= 0.3 is 0 Å². The largest absolute Gasteiger partial charge is 0.294 e. The number of carbonyl (C=O) groups excluding carboxylic acids is 1. The maximum atomic E-state index is 12.1. The second-order valence-corrected chi connectivity index (χ2v) is 7.82. The molecule has 0 N–H and O–H groups in total. The molecule has 0 aromatic carbocycles. The summed E-state index contributed by atoms with van der Waals surface area (Å²) in [5, 5.41) is 0. The first-order valence-corrected chi connectivity index (χ1v) is 6.15. The van der Waals surface area contributed by atoms with Gasteiger partial charge in [-0.3, -0.25) is 4.79 Å². The fourth-order valence-corrected chi connectivity index (χ4v) is 3.11. The van der Waals surface area contributed by atoms with E-state index in [2.05, 4.69) is 61.5 Å². The second kappa shape index (κ2) is 3.45. The van der Waals surface area contributed by atoms with Gasteiger partial charge in [-0.15, -0.1) is 0 Å². The van der Waals surface area contributed by atoms with Crippen molar-refractivity contribution in [1.82, 2.24) is 0 Å². The predicted molar refractivity (Wildman–Crippen MR) is 69.3 cm³/mol. The lowest BCUT2D eigenvalue weighted by Gasteiger charge is -2.52. The summed E-state index contributed by atoms with van der Waals surface area (Å²) >= 11 is 0.